The Morgan fingerprint density at radius 3 is 2.29 bits per heavy atom. The van der Waals surface area contributed by atoms with Gasteiger partial charge in [-0.3, -0.25) is 4.79 Å². The molecule has 0 radical (unpaired) electrons. The first-order chi connectivity index (χ1) is 14.9. The maximum Gasteiger partial charge on any atom is 0.268 e. The van der Waals surface area contributed by atoms with Gasteiger partial charge in [-0.1, -0.05) is 41.7 Å². The number of carbonyl (C=O) groups excluding carboxylic acids is 1. The van der Waals surface area contributed by atoms with Crippen molar-refractivity contribution in [2.45, 2.75) is 4.90 Å². The van der Waals surface area contributed by atoms with Gasteiger partial charge in [-0.2, -0.15) is 0 Å². The lowest BCUT2D eigenvalue weighted by molar-refractivity contribution is 0.103. The summed E-state index contributed by atoms with van der Waals surface area (Å²) in [5.41, 5.74) is 7.51. The predicted molar refractivity (Wildman–Crippen MR) is 119 cm³/mol. The molecule has 2 aromatic heterocycles. The van der Waals surface area contributed by atoms with Gasteiger partial charge in [0, 0.05) is 23.6 Å². The number of aromatic nitrogens is 3. The Hall–Kier alpha value is -3.83. The highest BCUT2D eigenvalue weighted by Crippen LogP contribution is 2.30. The molecule has 0 saturated carbocycles. The Balaban J connectivity index is 1.52. The van der Waals surface area contributed by atoms with Gasteiger partial charge in [0.25, 0.3) is 15.9 Å². The second-order valence-corrected chi connectivity index (χ2v) is 8.97. The van der Waals surface area contributed by atoms with Crippen LogP contribution in [0.1, 0.15) is 9.67 Å². The Labute approximate surface area is 182 Å². The number of nitrogens with two attached hydrogens (primary N) is 1. The van der Waals surface area contributed by atoms with E-state index in [1.165, 1.54) is 36.7 Å². The van der Waals surface area contributed by atoms with E-state index >= 15 is 0 Å². The largest absolute Gasteiger partial charge is 0.375 e. The van der Waals surface area contributed by atoms with Crippen molar-refractivity contribution in [2.75, 3.05) is 15.8 Å². The smallest absolute Gasteiger partial charge is 0.268 e. The average Bonchev–Trinajstić information content (AvgIpc) is 3.17. The summed E-state index contributed by atoms with van der Waals surface area (Å²) < 4.78 is 27.2. The molecule has 4 N–H and O–H groups in total. The molecule has 0 bridgehead atoms. The van der Waals surface area contributed by atoms with Gasteiger partial charge in [0.1, 0.15) is 4.88 Å². The van der Waals surface area contributed by atoms with Crippen molar-refractivity contribution >= 4 is 44.0 Å². The van der Waals surface area contributed by atoms with Crippen LogP contribution in [0.15, 0.2) is 78.0 Å². The van der Waals surface area contributed by atoms with Crippen molar-refractivity contribution in [3.8, 4) is 11.3 Å². The molecule has 0 aliphatic rings. The summed E-state index contributed by atoms with van der Waals surface area (Å²) in [5.74, 6) is -0.421. The molecular weight excluding hydrogens is 436 g/mol. The molecule has 0 atom stereocenters. The highest BCUT2D eigenvalue weighted by Gasteiger charge is 2.20. The monoisotopic (exact) mass is 452 g/mol. The van der Waals surface area contributed by atoms with Crippen molar-refractivity contribution in [1.82, 2.24) is 15.0 Å². The van der Waals surface area contributed by atoms with Crippen LogP contribution < -0.4 is 15.8 Å². The second kappa shape index (κ2) is 8.50. The minimum Gasteiger partial charge on any atom is -0.375 e. The Bertz CT molecular complexity index is 1310. The van der Waals surface area contributed by atoms with Crippen LogP contribution in [-0.2, 0) is 10.0 Å². The van der Waals surface area contributed by atoms with Crippen LogP contribution in [0.25, 0.3) is 11.3 Å². The lowest BCUT2D eigenvalue weighted by Crippen LogP contribution is -2.15. The topological polar surface area (TPSA) is 140 Å². The molecular formula is C20H16N6O3S2. The molecule has 0 saturated heterocycles. The van der Waals surface area contributed by atoms with Gasteiger partial charge >= 0.3 is 0 Å². The molecule has 0 unspecified atom stereocenters. The normalized spacial score (nSPS) is 11.1. The Morgan fingerprint density at radius 1 is 0.935 bits per heavy atom. The summed E-state index contributed by atoms with van der Waals surface area (Å²) >= 11 is 1.08. The standard InChI is InChI=1S/C20H16N6O3S2/c21-19-25-16(13-5-2-1-3-6-13)17(30-19)18(27)24-14-7-9-15(10-8-14)31(28,29)26-20-22-11-4-12-23-20/h1-12H,(H2,21,25)(H,24,27)(H,22,23,26). The van der Waals surface area contributed by atoms with Crippen LogP contribution in [0.4, 0.5) is 16.8 Å². The van der Waals surface area contributed by atoms with Crippen LogP contribution in [0.2, 0.25) is 0 Å². The molecule has 0 fully saturated rings. The number of nitrogen functional groups attached to an aromatic ring is 1. The quantitative estimate of drug-likeness (QED) is 0.408. The fourth-order valence-electron chi connectivity index (χ4n) is 2.72. The molecule has 4 aromatic rings. The lowest BCUT2D eigenvalue weighted by atomic mass is 10.1. The minimum atomic E-state index is -3.86. The van der Waals surface area contributed by atoms with Gasteiger partial charge in [-0.25, -0.2) is 28.1 Å². The summed E-state index contributed by atoms with van der Waals surface area (Å²) in [7, 11) is -3.86. The van der Waals surface area contributed by atoms with E-state index in [4.69, 9.17) is 5.73 Å². The number of nitrogens with zero attached hydrogens (tertiary/aromatic N) is 3. The maximum atomic E-state index is 12.8. The summed E-state index contributed by atoms with van der Waals surface area (Å²) in [6.45, 7) is 0. The van der Waals surface area contributed by atoms with E-state index in [0.29, 0.717) is 16.3 Å². The van der Waals surface area contributed by atoms with Gasteiger partial charge in [0.2, 0.25) is 5.95 Å². The van der Waals surface area contributed by atoms with Crippen LogP contribution in [0.3, 0.4) is 0 Å². The minimum absolute atomic E-state index is 0.00459. The number of thiazole rings is 1. The van der Waals surface area contributed by atoms with E-state index in [1.54, 1.807) is 6.07 Å². The third-order valence-corrected chi connectivity index (χ3v) is 6.34. The molecule has 0 aliphatic heterocycles. The lowest BCUT2D eigenvalue weighted by Gasteiger charge is -2.08. The van der Waals surface area contributed by atoms with Gasteiger partial charge in [0.05, 0.1) is 10.6 Å². The molecule has 31 heavy (non-hydrogen) atoms. The third kappa shape index (κ3) is 4.68. The van der Waals surface area contributed by atoms with Crippen molar-refractivity contribution in [3.63, 3.8) is 0 Å². The number of amides is 1. The molecule has 4 rings (SSSR count). The molecule has 2 heterocycles. The highest BCUT2D eigenvalue weighted by atomic mass is 32.2. The SMILES string of the molecule is Nc1nc(-c2ccccc2)c(C(=O)Nc2ccc(S(=O)(=O)Nc3ncccn3)cc2)s1. The number of sulfonamides is 1. The number of hydrogen-bond acceptors (Lipinski definition) is 8. The van der Waals surface area contributed by atoms with E-state index in [-0.39, 0.29) is 21.9 Å². The summed E-state index contributed by atoms with van der Waals surface area (Å²) in [5, 5.41) is 3.02. The Morgan fingerprint density at radius 2 is 1.61 bits per heavy atom. The van der Waals surface area contributed by atoms with E-state index in [1.807, 2.05) is 30.3 Å². The number of benzene rings is 2. The fourth-order valence-corrected chi connectivity index (χ4v) is 4.43. The van der Waals surface area contributed by atoms with Crippen LogP contribution in [-0.4, -0.2) is 29.3 Å². The number of nitrogens with one attached hydrogen (secondary N) is 2. The van der Waals surface area contributed by atoms with Crippen molar-refractivity contribution in [1.29, 1.82) is 0 Å². The first kappa shape index (κ1) is 20.4. The Kier molecular flexibility index (Phi) is 5.60. The van der Waals surface area contributed by atoms with E-state index < -0.39 is 10.0 Å². The van der Waals surface area contributed by atoms with Gasteiger partial charge in [0.15, 0.2) is 5.13 Å². The van der Waals surface area contributed by atoms with Crippen molar-refractivity contribution in [2.24, 2.45) is 0 Å². The first-order valence-corrected chi connectivity index (χ1v) is 11.3. The van der Waals surface area contributed by atoms with Crippen LogP contribution in [0.5, 0.6) is 0 Å². The predicted octanol–water partition coefficient (Wildman–Crippen LogP) is 3.24. The van der Waals surface area contributed by atoms with Crippen molar-refractivity contribution in [3.05, 3.63) is 77.9 Å². The average molecular weight is 453 g/mol. The fraction of sp³-hybridized carbons (Fsp3) is 0. The zero-order chi connectivity index (χ0) is 21.8. The van der Waals surface area contributed by atoms with E-state index in [0.717, 1.165) is 16.9 Å². The van der Waals surface area contributed by atoms with Crippen LogP contribution >= 0.6 is 11.3 Å². The van der Waals surface area contributed by atoms with Crippen LogP contribution in [0, 0.1) is 0 Å². The maximum absolute atomic E-state index is 12.8. The molecule has 0 spiro atoms. The second-order valence-electron chi connectivity index (χ2n) is 6.25. The first-order valence-electron chi connectivity index (χ1n) is 8.95. The number of hydrogen-bond donors (Lipinski definition) is 3. The van der Waals surface area contributed by atoms with Gasteiger partial charge in [-0.05, 0) is 30.3 Å². The van der Waals surface area contributed by atoms with Gasteiger partial charge in [-0.15, -0.1) is 0 Å². The third-order valence-electron chi connectivity index (χ3n) is 4.11. The summed E-state index contributed by atoms with van der Waals surface area (Å²) in [4.78, 5) is 25.1. The summed E-state index contributed by atoms with van der Waals surface area (Å²) in [6, 6.07) is 16.6. The zero-order valence-corrected chi connectivity index (χ0v) is 17.5. The van der Waals surface area contributed by atoms with E-state index in [9.17, 15) is 13.2 Å². The highest BCUT2D eigenvalue weighted by molar-refractivity contribution is 7.92. The molecule has 1 amide bonds. The molecule has 0 aliphatic carbocycles. The zero-order valence-electron chi connectivity index (χ0n) is 15.9. The van der Waals surface area contributed by atoms with Gasteiger partial charge < -0.3 is 11.1 Å². The number of rotatable bonds is 6. The van der Waals surface area contributed by atoms with Crippen molar-refractivity contribution < 1.29 is 13.2 Å². The number of anilines is 3. The molecule has 2 aromatic carbocycles. The molecule has 9 nitrogen and oxygen atoms in total. The summed E-state index contributed by atoms with van der Waals surface area (Å²) in [6.07, 6.45) is 2.86. The van der Waals surface area contributed by atoms with E-state index in [2.05, 4.69) is 25.0 Å². The molecule has 156 valence electrons. The molecule has 11 heteroatoms. The number of carbonyl (C=O) groups is 1.